The van der Waals surface area contributed by atoms with E-state index in [2.05, 4.69) is 25.7 Å². The Balaban J connectivity index is 1.49. The molecule has 0 saturated carbocycles. The summed E-state index contributed by atoms with van der Waals surface area (Å²) in [4.78, 5) is 16.6. The number of nitrogens with one attached hydrogen (secondary N) is 1. The van der Waals surface area contributed by atoms with E-state index in [0.29, 0.717) is 28.0 Å². The lowest BCUT2D eigenvalue weighted by molar-refractivity contribution is -0.118. The van der Waals surface area contributed by atoms with Gasteiger partial charge in [-0.1, -0.05) is 29.5 Å². The van der Waals surface area contributed by atoms with Crippen molar-refractivity contribution in [3.05, 3.63) is 78.1 Å². The van der Waals surface area contributed by atoms with Crippen molar-refractivity contribution < 1.29 is 14.3 Å². The minimum Gasteiger partial charge on any atom is -0.497 e. The fourth-order valence-corrected chi connectivity index (χ4v) is 4.00. The van der Waals surface area contributed by atoms with Gasteiger partial charge in [-0.25, -0.2) is 5.43 Å². The van der Waals surface area contributed by atoms with Crippen molar-refractivity contribution in [3.8, 4) is 28.6 Å². The van der Waals surface area contributed by atoms with E-state index in [1.54, 1.807) is 44.8 Å². The number of rotatable bonds is 9. The first kappa shape index (κ1) is 24.0. The lowest BCUT2D eigenvalue weighted by atomic mass is 10.2. The minimum atomic E-state index is -0.281. The molecule has 0 saturated heterocycles. The van der Waals surface area contributed by atoms with E-state index >= 15 is 0 Å². The highest BCUT2D eigenvalue weighted by atomic mass is 32.2. The van der Waals surface area contributed by atoms with Gasteiger partial charge in [0.1, 0.15) is 11.5 Å². The van der Waals surface area contributed by atoms with Crippen LogP contribution in [0.5, 0.6) is 11.5 Å². The van der Waals surface area contributed by atoms with Crippen LogP contribution in [0, 0.1) is 6.92 Å². The summed E-state index contributed by atoms with van der Waals surface area (Å²) >= 11 is 1.27. The third-order valence-corrected chi connectivity index (χ3v) is 5.96. The second-order valence-corrected chi connectivity index (χ2v) is 8.35. The number of ether oxygens (including phenoxy) is 2. The number of aryl methyl sites for hydroxylation is 1. The maximum Gasteiger partial charge on any atom is 0.250 e. The van der Waals surface area contributed by atoms with Crippen molar-refractivity contribution in [3.63, 3.8) is 0 Å². The molecule has 4 aromatic rings. The van der Waals surface area contributed by atoms with Gasteiger partial charge >= 0.3 is 0 Å². The summed E-state index contributed by atoms with van der Waals surface area (Å²) in [7, 11) is 3.15. The molecule has 0 aliphatic rings. The Kier molecular flexibility index (Phi) is 7.74. The van der Waals surface area contributed by atoms with E-state index in [1.807, 2.05) is 47.9 Å². The van der Waals surface area contributed by atoms with Crippen molar-refractivity contribution in [1.29, 1.82) is 0 Å². The fourth-order valence-electron chi connectivity index (χ4n) is 3.25. The zero-order chi connectivity index (χ0) is 24.6. The predicted octanol–water partition coefficient (Wildman–Crippen LogP) is 3.90. The van der Waals surface area contributed by atoms with Gasteiger partial charge in [-0.15, -0.1) is 10.2 Å². The molecule has 10 heteroatoms. The summed E-state index contributed by atoms with van der Waals surface area (Å²) in [6, 6.07) is 17.1. The maximum absolute atomic E-state index is 12.5. The normalized spacial score (nSPS) is 10.9. The number of carbonyl (C=O) groups is 1. The molecule has 178 valence electrons. The first-order valence-electron chi connectivity index (χ1n) is 10.7. The van der Waals surface area contributed by atoms with Crippen LogP contribution in [0.4, 0.5) is 0 Å². The number of pyridine rings is 1. The van der Waals surface area contributed by atoms with Crippen LogP contribution >= 0.6 is 11.8 Å². The smallest absolute Gasteiger partial charge is 0.250 e. The van der Waals surface area contributed by atoms with Gasteiger partial charge in [0.15, 0.2) is 11.0 Å². The molecule has 0 spiro atoms. The number of aromatic nitrogens is 4. The summed E-state index contributed by atoms with van der Waals surface area (Å²) in [5.41, 5.74) is 6.15. The Morgan fingerprint density at radius 1 is 1.06 bits per heavy atom. The van der Waals surface area contributed by atoms with E-state index in [-0.39, 0.29) is 11.7 Å². The van der Waals surface area contributed by atoms with Crippen LogP contribution in [-0.2, 0) is 4.79 Å². The SMILES string of the molecule is COc1ccc(OC)c(C=NNC(=O)CSc2nnc(-c3ccncc3)n2-c2ccc(C)cc2)c1. The zero-order valence-corrected chi connectivity index (χ0v) is 20.3. The van der Waals surface area contributed by atoms with Crippen LogP contribution in [0.25, 0.3) is 17.1 Å². The van der Waals surface area contributed by atoms with Crippen LogP contribution in [0.2, 0.25) is 0 Å². The number of amides is 1. The highest BCUT2D eigenvalue weighted by molar-refractivity contribution is 7.99. The molecule has 1 amide bonds. The van der Waals surface area contributed by atoms with Crippen LogP contribution in [-0.4, -0.2) is 51.8 Å². The molecular formula is C25H24N6O3S. The van der Waals surface area contributed by atoms with Gasteiger partial charge in [0, 0.05) is 29.2 Å². The summed E-state index contributed by atoms with van der Waals surface area (Å²) in [6.07, 6.45) is 4.93. The summed E-state index contributed by atoms with van der Waals surface area (Å²) in [5.74, 6) is 1.77. The second-order valence-electron chi connectivity index (χ2n) is 7.40. The van der Waals surface area contributed by atoms with Crippen molar-refractivity contribution in [2.45, 2.75) is 12.1 Å². The van der Waals surface area contributed by atoms with Crippen LogP contribution in [0.1, 0.15) is 11.1 Å². The maximum atomic E-state index is 12.5. The van der Waals surface area contributed by atoms with E-state index in [4.69, 9.17) is 9.47 Å². The van der Waals surface area contributed by atoms with Gasteiger partial charge in [-0.2, -0.15) is 5.10 Å². The van der Waals surface area contributed by atoms with Crippen molar-refractivity contribution in [1.82, 2.24) is 25.2 Å². The van der Waals surface area contributed by atoms with E-state index in [1.165, 1.54) is 18.0 Å². The molecule has 9 nitrogen and oxygen atoms in total. The van der Waals surface area contributed by atoms with Crippen molar-refractivity contribution >= 4 is 23.9 Å². The molecule has 0 fully saturated rings. The van der Waals surface area contributed by atoms with Crippen LogP contribution < -0.4 is 14.9 Å². The van der Waals surface area contributed by atoms with Crippen molar-refractivity contribution in [2.75, 3.05) is 20.0 Å². The third-order valence-electron chi connectivity index (χ3n) is 5.03. The Morgan fingerprint density at radius 2 is 1.83 bits per heavy atom. The number of methoxy groups -OCH3 is 2. The first-order chi connectivity index (χ1) is 17.1. The largest absolute Gasteiger partial charge is 0.497 e. The second kappa shape index (κ2) is 11.3. The van der Waals surface area contributed by atoms with E-state index in [0.717, 1.165) is 16.8 Å². The predicted molar refractivity (Wildman–Crippen MR) is 135 cm³/mol. The molecular weight excluding hydrogens is 464 g/mol. The topological polar surface area (TPSA) is 104 Å². The molecule has 1 N–H and O–H groups in total. The summed E-state index contributed by atoms with van der Waals surface area (Å²) < 4.78 is 12.5. The molecule has 0 atom stereocenters. The summed E-state index contributed by atoms with van der Waals surface area (Å²) in [6.45, 7) is 2.03. The van der Waals surface area contributed by atoms with Crippen LogP contribution in [0.15, 0.2) is 77.2 Å². The van der Waals surface area contributed by atoms with Gasteiger partial charge < -0.3 is 9.47 Å². The van der Waals surface area contributed by atoms with E-state index in [9.17, 15) is 4.79 Å². The van der Waals surface area contributed by atoms with Gasteiger partial charge in [-0.05, 0) is 49.4 Å². The lowest BCUT2D eigenvalue weighted by Crippen LogP contribution is -2.20. The Morgan fingerprint density at radius 3 is 2.54 bits per heavy atom. The molecule has 35 heavy (non-hydrogen) atoms. The first-order valence-corrected chi connectivity index (χ1v) is 11.7. The number of thioether (sulfide) groups is 1. The standard InChI is InChI=1S/C25H24N6O3S/c1-17-4-6-20(7-5-17)31-24(18-10-12-26-13-11-18)29-30-25(31)35-16-23(32)28-27-15-19-14-21(33-2)8-9-22(19)34-3/h4-15H,16H2,1-3H3,(H,28,32). The highest BCUT2D eigenvalue weighted by Crippen LogP contribution is 2.28. The minimum absolute atomic E-state index is 0.104. The molecule has 0 aliphatic heterocycles. The number of carbonyl (C=O) groups excluding carboxylic acids is 1. The number of benzene rings is 2. The molecule has 2 heterocycles. The fraction of sp³-hybridized carbons (Fsp3) is 0.160. The third kappa shape index (κ3) is 5.85. The monoisotopic (exact) mass is 488 g/mol. The Hall–Kier alpha value is -4.18. The highest BCUT2D eigenvalue weighted by Gasteiger charge is 2.17. The Bertz CT molecular complexity index is 1320. The molecule has 0 radical (unpaired) electrons. The van der Waals surface area contributed by atoms with Gasteiger partial charge in [-0.3, -0.25) is 14.3 Å². The van der Waals surface area contributed by atoms with Gasteiger partial charge in [0.25, 0.3) is 5.91 Å². The average molecular weight is 489 g/mol. The number of hydrogen-bond donors (Lipinski definition) is 1. The van der Waals surface area contributed by atoms with Gasteiger partial charge in [0.05, 0.1) is 26.2 Å². The number of hydrazone groups is 1. The lowest BCUT2D eigenvalue weighted by Gasteiger charge is -2.10. The summed E-state index contributed by atoms with van der Waals surface area (Å²) in [5, 5.41) is 13.4. The molecule has 0 aliphatic carbocycles. The molecule has 2 aromatic heterocycles. The molecule has 2 aromatic carbocycles. The molecule has 4 rings (SSSR count). The number of nitrogens with zero attached hydrogens (tertiary/aromatic N) is 5. The quantitative estimate of drug-likeness (QED) is 0.216. The van der Waals surface area contributed by atoms with Crippen LogP contribution in [0.3, 0.4) is 0 Å². The van der Waals surface area contributed by atoms with E-state index < -0.39 is 0 Å². The average Bonchev–Trinajstić information content (AvgIpc) is 3.32. The number of hydrogen-bond acceptors (Lipinski definition) is 8. The molecule has 0 bridgehead atoms. The zero-order valence-electron chi connectivity index (χ0n) is 19.5. The van der Waals surface area contributed by atoms with Crippen molar-refractivity contribution in [2.24, 2.45) is 5.10 Å². The Labute approximate surface area is 207 Å². The molecule has 0 unspecified atom stereocenters. The van der Waals surface area contributed by atoms with Gasteiger partial charge in [0.2, 0.25) is 0 Å².